The average Bonchev–Trinajstić information content (AvgIpc) is 3.18. The van der Waals surface area contributed by atoms with Crippen molar-refractivity contribution in [3.05, 3.63) is 70.9 Å². The summed E-state index contributed by atoms with van der Waals surface area (Å²) >= 11 is 0. The van der Waals surface area contributed by atoms with Crippen LogP contribution in [0.4, 0.5) is 6.01 Å². The zero-order valence-electron chi connectivity index (χ0n) is 15.2. The molecule has 1 N–H and O–H groups in total. The molecule has 4 rings (SSSR count). The number of fused-ring (bicyclic) bond motifs is 1. The molecule has 26 heavy (non-hydrogen) atoms. The van der Waals surface area contributed by atoms with Gasteiger partial charge in [0, 0.05) is 24.8 Å². The number of hydrogen-bond acceptors (Lipinski definition) is 5. The van der Waals surface area contributed by atoms with E-state index in [1.54, 1.807) is 0 Å². The lowest BCUT2D eigenvalue weighted by molar-refractivity contribution is 0.516. The van der Waals surface area contributed by atoms with Crippen LogP contribution in [0, 0.1) is 13.8 Å². The Kier molecular flexibility index (Phi) is 4.16. The van der Waals surface area contributed by atoms with Gasteiger partial charge in [-0.3, -0.25) is 4.68 Å². The minimum atomic E-state index is 0.434. The van der Waals surface area contributed by atoms with Crippen LogP contribution in [0.3, 0.4) is 0 Å². The van der Waals surface area contributed by atoms with Gasteiger partial charge in [0.25, 0.3) is 0 Å². The van der Waals surface area contributed by atoms with Gasteiger partial charge in [-0.15, -0.1) is 5.10 Å². The highest BCUT2D eigenvalue weighted by atomic mass is 16.4. The number of anilines is 1. The Bertz CT molecular complexity index is 1060. The molecule has 0 aliphatic rings. The zero-order chi connectivity index (χ0) is 18.1. The molecule has 0 aliphatic heterocycles. The van der Waals surface area contributed by atoms with E-state index in [1.807, 2.05) is 30.8 Å². The Morgan fingerprint density at radius 3 is 2.62 bits per heavy atom. The lowest BCUT2D eigenvalue weighted by Gasteiger charge is -2.02. The van der Waals surface area contributed by atoms with Crippen LogP contribution in [0.5, 0.6) is 0 Å². The minimum absolute atomic E-state index is 0.434. The summed E-state index contributed by atoms with van der Waals surface area (Å²) < 4.78 is 7.63. The molecule has 0 unspecified atom stereocenters. The standard InChI is InChI=1S/C20H21N5O/c1-13-18(14(2)25(3)24-13)12-21-20-23-22-19(26-20)11-15-8-9-16-6-4-5-7-17(16)10-15/h4-10H,11-12H2,1-3H3,(H,21,23). The Morgan fingerprint density at radius 2 is 1.85 bits per heavy atom. The van der Waals surface area contributed by atoms with Crippen LogP contribution in [0.2, 0.25) is 0 Å². The molecule has 0 saturated carbocycles. The first kappa shape index (κ1) is 16.3. The molecular weight excluding hydrogens is 326 g/mol. The Balaban J connectivity index is 1.45. The SMILES string of the molecule is Cc1nn(C)c(C)c1CNc1nnc(Cc2ccc3ccccc3c2)o1. The van der Waals surface area contributed by atoms with Crippen LogP contribution >= 0.6 is 0 Å². The van der Waals surface area contributed by atoms with Crippen LogP contribution in [-0.2, 0) is 20.0 Å². The maximum atomic E-state index is 5.75. The first-order valence-corrected chi connectivity index (χ1v) is 8.63. The summed E-state index contributed by atoms with van der Waals surface area (Å²) in [5.74, 6) is 0.599. The van der Waals surface area contributed by atoms with Crippen LogP contribution in [0.15, 0.2) is 46.9 Å². The average molecular weight is 347 g/mol. The van der Waals surface area contributed by atoms with Crippen molar-refractivity contribution in [2.45, 2.75) is 26.8 Å². The largest absolute Gasteiger partial charge is 0.408 e. The Morgan fingerprint density at radius 1 is 1.04 bits per heavy atom. The predicted octanol–water partition coefficient (Wildman–Crippen LogP) is 3.78. The number of aryl methyl sites for hydroxylation is 2. The van der Waals surface area contributed by atoms with Crippen molar-refractivity contribution in [3.63, 3.8) is 0 Å². The second-order valence-electron chi connectivity index (χ2n) is 6.49. The van der Waals surface area contributed by atoms with E-state index in [9.17, 15) is 0 Å². The molecule has 0 aliphatic carbocycles. The van der Waals surface area contributed by atoms with Gasteiger partial charge in [0.1, 0.15) is 0 Å². The normalized spacial score (nSPS) is 11.2. The van der Waals surface area contributed by atoms with E-state index in [0.717, 1.165) is 22.5 Å². The number of benzene rings is 2. The van der Waals surface area contributed by atoms with Gasteiger partial charge in [-0.2, -0.15) is 5.10 Å². The third-order valence-electron chi connectivity index (χ3n) is 4.71. The molecule has 0 radical (unpaired) electrons. The molecule has 0 fully saturated rings. The molecule has 4 aromatic rings. The third kappa shape index (κ3) is 3.18. The molecule has 0 spiro atoms. The summed E-state index contributed by atoms with van der Waals surface area (Å²) in [6, 6.07) is 15.1. The molecule has 0 bridgehead atoms. The van der Waals surface area contributed by atoms with E-state index in [4.69, 9.17) is 4.42 Å². The molecule has 6 heteroatoms. The molecule has 0 amide bonds. The van der Waals surface area contributed by atoms with Crippen LogP contribution < -0.4 is 5.32 Å². The van der Waals surface area contributed by atoms with Gasteiger partial charge in [0.05, 0.1) is 12.1 Å². The summed E-state index contributed by atoms with van der Waals surface area (Å²) in [4.78, 5) is 0. The van der Waals surface area contributed by atoms with Crippen molar-refractivity contribution in [3.8, 4) is 0 Å². The fraction of sp³-hybridized carbons (Fsp3) is 0.250. The second kappa shape index (κ2) is 6.63. The van der Waals surface area contributed by atoms with Crippen molar-refractivity contribution >= 4 is 16.8 Å². The second-order valence-corrected chi connectivity index (χ2v) is 6.49. The summed E-state index contributed by atoms with van der Waals surface area (Å²) in [6.45, 7) is 4.67. The minimum Gasteiger partial charge on any atom is -0.408 e. The van der Waals surface area contributed by atoms with Gasteiger partial charge in [-0.25, -0.2) is 0 Å². The first-order valence-electron chi connectivity index (χ1n) is 8.63. The fourth-order valence-corrected chi connectivity index (χ4v) is 3.16. The summed E-state index contributed by atoms with van der Waals surface area (Å²) in [6.07, 6.45) is 0.616. The van der Waals surface area contributed by atoms with E-state index in [0.29, 0.717) is 24.9 Å². The highest BCUT2D eigenvalue weighted by molar-refractivity contribution is 5.83. The monoisotopic (exact) mass is 347 g/mol. The third-order valence-corrected chi connectivity index (χ3v) is 4.71. The Hall–Kier alpha value is -3.15. The highest BCUT2D eigenvalue weighted by Crippen LogP contribution is 2.19. The van der Waals surface area contributed by atoms with Gasteiger partial charge in [0.2, 0.25) is 5.89 Å². The van der Waals surface area contributed by atoms with E-state index in [1.165, 1.54) is 10.8 Å². The van der Waals surface area contributed by atoms with Crippen LogP contribution in [0.25, 0.3) is 10.8 Å². The molecule has 2 heterocycles. The van der Waals surface area contributed by atoms with Crippen molar-refractivity contribution in [2.75, 3.05) is 5.32 Å². The van der Waals surface area contributed by atoms with E-state index in [2.05, 4.69) is 57.9 Å². The first-order chi connectivity index (χ1) is 12.6. The molecule has 6 nitrogen and oxygen atoms in total. The van der Waals surface area contributed by atoms with Gasteiger partial charge < -0.3 is 9.73 Å². The van der Waals surface area contributed by atoms with Crippen LogP contribution in [-0.4, -0.2) is 20.0 Å². The van der Waals surface area contributed by atoms with E-state index >= 15 is 0 Å². The predicted molar refractivity (Wildman–Crippen MR) is 101 cm³/mol. The van der Waals surface area contributed by atoms with Crippen molar-refractivity contribution in [1.82, 2.24) is 20.0 Å². The van der Waals surface area contributed by atoms with Gasteiger partial charge >= 0.3 is 6.01 Å². The zero-order valence-corrected chi connectivity index (χ0v) is 15.2. The lowest BCUT2D eigenvalue weighted by atomic mass is 10.1. The van der Waals surface area contributed by atoms with Crippen molar-refractivity contribution in [1.29, 1.82) is 0 Å². The molecule has 132 valence electrons. The molecule has 0 saturated heterocycles. The summed E-state index contributed by atoms with van der Waals surface area (Å²) in [5, 5.41) is 18.3. The van der Waals surface area contributed by atoms with Crippen molar-refractivity contribution in [2.24, 2.45) is 7.05 Å². The van der Waals surface area contributed by atoms with E-state index < -0.39 is 0 Å². The number of hydrogen-bond donors (Lipinski definition) is 1. The fourth-order valence-electron chi connectivity index (χ4n) is 3.16. The molecule has 2 aromatic heterocycles. The summed E-state index contributed by atoms with van der Waals surface area (Å²) in [5.41, 5.74) is 4.44. The summed E-state index contributed by atoms with van der Waals surface area (Å²) in [7, 11) is 1.94. The Labute approximate surface area is 151 Å². The van der Waals surface area contributed by atoms with Gasteiger partial charge in [0.15, 0.2) is 0 Å². The highest BCUT2D eigenvalue weighted by Gasteiger charge is 2.12. The topological polar surface area (TPSA) is 68.8 Å². The van der Waals surface area contributed by atoms with Crippen LogP contribution in [0.1, 0.15) is 28.4 Å². The number of aromatic nitrogens is 4. The maximum absolute atomic E-state index is 5.75. The molecule has 2 aromatic carbocycles. The molecular formula is C20H21N5O. The molecule has 0 atom stereocenters. The lowest BCUT2D eigenvalue weighted by Crippen LogP contribution is -2.02. The van der Waals surface area contributed by atoms with Gasteiger partial charge in [-0.05, 0) is 30.2 Å². The van der Waals surface area contributed by atoms with E-state index in [-0.39, 0.29) is 0 Å². The van der Waals surface area contributed by atoms with Crippen molar-refractivity contribution < 1.29 is 4.42 Å². The quantitative estimate of drug-likeness (QED) is 0.595. The maximum Gasteiger partial charge on any atom is 0.315 e. The smallest absolute Gasteiger partial charge is 0.315 e. The number of nitrogens with zero attached hydrogens (tertiary/aromatic N) is 4. The number of nitrogens with one attached hydrogen (secondary N) is 1. The van der Waals surface area contributed by atoms with Gasteiger partial charge in [-0.1, -0.05) is 47.6 Å². The number of rotatable bonds is 5.